The number of hydrogen-bond donors (Lipinski definition) is 1. The van der Waals surface area contributed by atoms with Gasteiger partial charge in [-0.25, -0.2) is 13.2 Å². The van der Waals surface area contributed by atoms with E-state index in [9.17, 15) is 18.0 Å². The zero-order chi connectivity index (χ0) is 19.2. The predicted molar refractivity (Wildman–Crippen MR) is 94.1 cm³/mol. The Morgan fingerprint density at radius 2 is 1.58 bits per heavy atom. The van der Waals surface area contributed by atoms with Crippen LogP contribution in [0.3, 0.4) is 0 Å². The lowest BCUT2D eigenvalue weighted by atomic mass is 10.1. The van der Waals surface area contributed by atoms with Crippen molar-refractivity contribution in [2.24, 2.45) is 0 Å². The van der Waals surface area contributed by atoms with Gasteiger partial charge < -0.3 is 9.47 Å². The van der Waals surface area contributed by atoms with Gasteiger partial charge in [0, 0.05) is 0 Å². The Morgan fingerprint density at radius 1 is 0.962 bits per heavy atom. The van der Waals surface area contributed by atoms with Gasteiger partial charge in [0.2, 0.25) is 10.0 Å². The van der Waals surface area contributed by atoms with E-state index in [4.69, 9.17) is 4.74 Å². The van der Waals surface area contributed by atoms with Crippen LogP contribution in [-0.2, 0) is 30.7 Å². The second-order valence-electron chi connectivity index (χ2n) is 5.37. The standard InChI is InChI=1S/C18H19NO6S/c1-24-17(20)14-10-6-7-11-16(14)26(22,23)19-15(18(21)25-2)12-13-8-4-3-5-9-13/h3-11,15,19H,12H2,1-2H3/t15-/m0/s1. The highest BCUT2D eigenvalue weighted by atomic mass is 32.2. The molecule has 2 aromatic carbocycles. The summed E-state index contributed by atoms with van der Waals surface area (Å²) in [7, 11) is -1.84. The topological polar surface area (TPSA) is 98.8 Å². The summed E-state index contributed by atoms with van der Waals surface area (Å²) in [5, 5.41) is 0. The van der Waals surface area contributed by atoms with Gasteiger partial charge in [-0.15, -0.1) is 0 Å². The second-order valence-corrected chi connectivity index (χ2v) is 7.06. The number of carbonyl (C=O) groups is 2. The van der Waals surface area contributed by atoms with Crippen molar-refractivity contribution < 1.29 is 27.5 Å². The predicted octanol–water partition coefficient (Wildman–Crippen LogP) is 1.54. The molecule has 8 heteroatoms. The normalized spacial score (nSPS) is 12.2. The molecule has 0 saturated heterocycles. The van der Waals surface area contributed by atoms with Crippen molar-refractivity contribution >= 4 is 22.0 Å². The summed E-state index contributed by atoms with van der Waals surface area (Å²) < 4.78 is 37.2. The first-order chi connectivity index (χ1) is 12.4. The minimum absolute atomic E-state index is 0.104. The van der Waals surface area contributed by atoms with E-state index in [1.165, 1.54) is 31.4 Å². The fraction of sp³-hybridized carbons (Fsp3) is 0.222. The fourth-order valence-electron chi connectivity index (χ4n) is 2.40. The summed E-state index contributed by atoms with van der Waals surface area (Å²) in [6.45, 7) is 0. The molecule has 2 aromatic rings. The lowest BCUT2D eigenvalue weighted by Crippen LogP contribution is -2.43. The number of nitrogens with one attached hydrogen (secondary N) is 1. The first kappa shape index (κ1) is 19.6. The molecule has 0 fully saturated rings. The molecular weight excluding hydrogens is 358 g/mol. The number of carbonyl (C=O) groups excluding carboxylic acids is 2. The zero-order valence-electron chi connectivity index (χ0n) is 14.3. The highest BCUT2D eigenvalue weighted by Crippen LogP contribution is 2.17. The van der Waals surface area contributed by atoms with Crippen LogP contribution in [0, 0.1) is 0 Å². The van der Waals surface area contributed by atoms with Gasteiger partial charge in [0.25, 0.3) is 0 Å². The molecule has 0 aliphatic carbocycles. The van der Waals surface area contributed by atoms with Gasteiger partial charge in [-0.05, 0) is 24.1 Å². The molecule has 0 aromatic heterocycles. The molecule has 1 N–H and O–H groups in total. The van der Waals surface area contributed by atoms with Crippen molar-refractivity contribution in [3.63, 3.8) is 0 Å². The summed E-state index contributed by atoms with van der Waals surface area (Å²) in [5.41, 5.74) is 0.637. The highest BCUT2D eigenvalue weighted by molar-refractivity contribution is 7.89. The van der Waals surface area contributed by atoms with Crippen molar-refractivity contribution in [2.45, 2.75) is 17.4 Å². The van der Waals surface area contributed by atoms with Crippen LogP contribution in [0.25, 0.3) is 0 Å². The van der Waals surface area contributed by atoms with Crippen molar-refractivity contribution in [2.75, 3.05) is 14.2 Å². The molecule has 26 heavy (non-hydrogen) atoms. The third kappa shape index (κ3) is 4.68. The molecule has 0 spiro atoms. The molecule has 0 unspecified atom stereocenters. The number of sulfonamides is 1. The molecule has 0 bridgehead atoms. The Morgan fingerprint density at radius 3 is 2.19 bits per heavy atom. The van der Waals surface area contributed by atoms with E-state index >= 15 is 0 Å². The van der Waals surface area contributed by atoms with Gasteiger partial charge in [0.15, 0.2) is 0 Å². The number of methoxy groups -OCH3 is 2. The van der Waals surface area contributed by atoms with Crippen molar-refractivity contribution in [3.05, 3.63) is 65.7 Å². The summed E-state index contributed by atoms with van der Waals surface area (Å²) in [6, 6.07) is 13.4. The third-order valence-corrected chi connectivity index (χ3v) is 5.18. The summed E-state index contributed by atoms with van der Waals surface area (Å²) in [5.74, 6) is -1.52. The average Bonchev–Trinajstić information content (AvgIpc) is 2.66. The van der Waals surface area contributed by atoms with Gasteiger partial charge in [-0.2, -0.15) is 4.72 Å². The minimum atomic E-state index is -4.17. The smallest absolute Gasteiger partial charge is 0.339 e. The molecular formula is C18H19NO6S. The number of esters is 2. The van der Waals surface area contributed by atoms with Crippen molar-refractivity contribution in [3.8, 4) is 0 Å². The minimum Gasteiger partial charge on any atom is -0.468 e. The Hall–Kier alpha value is -2.71. The molecule has 0 saturated carbocycles. The number of rotatable bonds is 7. The molecule has 0 amide bonds. The summed E-state index contributed by atoms with van der Waals surface area (Å²) in [4.78, 5) is 23.6. The molecule has 0 heterocycles. The molecule has 0 aliphatic heterocycles. The lowest BCUT2D eigenvalue weighted by molar-refractivity contribution is -0.142. The molecule has 0 radical (unpaired) electrons. The van der Waals surface area contributed by atoms with Gasteiger partial charge >= 0.3 is 11.9 Å². The quantitative estimate of drug-likeness (QED) is 0.735. The van der Waals surface area contributed by atoms with Crippen LogP contribution in [0.2, 0.25) is 0 Å². The van der Waals surface area contributed by atoms with E-state index in [0.717, 1.165) is 12.7 Å². The maximum atomic E-state index is 12.8. The fourth-order valence-corrected chi connectivity index (χ4v) is 3.78. The van der Waals surface area contributed by atoms with E-state index in [0.29, 0.717) is 0 Å². The summed E-state index contributed by atoms with van der Waals surface area (Å²) in [6.07, 6.45) is 0.104. The summed E-state index contributed by atoms with van der Waals surface area (Å²) >= 11 is 0. The van der Waals surface area contributed by atoms with Gasteiger partial charge in [0.05, 0.1) is 24.7 Å². The highest BCUT2D eigenvalue weighted by Gasteiger charge is 2.29. The molecule has 1 atom stereocenters. The van der Waals surface area contributed by atoms with Crippen LogP contribution in [-0.4, -0.2) is 40.6 Å². The second kappa shape index (κ2) is 8.59. The van der Waals surface area contributed by atoms with Gasteiger partial charge in [-0.1, -0.05) is 42.5 Å². The molecule has 0 aliphatic rings. The average molecular weight is 377 g/mol. The number of hydrogen-bond acceptors (Lipinski definition) is 6. The third-order valence-electron chi connectivity index (χ3n) is 3.65. The first-order valence-corrected chi connectivity index (χ1v) is 9.18. The van der Waals surface area contributed by atoms with Crippen LogP contribution in [0.1, 0.15) is 15.9 Å². The van der Waals surface area contributed by atoms with Crippen LogP contribution in [0.5, 0.6) is 0 Å². The maximum Gasteiger partial charge on any atom is 0.339 e. The monoisotopic (exact) mass is 377 g/mol. The van der Waals surface area contributed by atoms with E-state index in [1.54, 1.807) is 24.3 Å². The van der Waals surface area contributed by atoms with Crippen LogP contribution in [0.4, 0.5) is 0 Å². The van der Waals surface area contributed by atoms with E-state index in [1.807, 2.05) is 6.07 Å². The van der Waals surface area contributed by atoms with E-state index in [2.05, 4.69) is 9.46 Å². The molecule has 2 rings (SSSR count). The van der Waals surface area contributed by atoms with Gasteiger partial charge in [0.1, 0.15) is 6.04 Å². The molecule has 7 nitrogen and oxygen atoms in total. The molecule has 138 valence electrons. The van der Waals surface area contributed by atoms with Crippen molar-refractivity contribution in [1.82, 2.24) is 4.72 Å². The number of ether oxygens (including phenoxy) is 2. The number of benzene rings is 2. The Balaban J connectivity index is 2.35. The zero-order valence-corrected chi connectivity index (χ0v) is 15.2. The Kier molecular flexibility index (Phi) is 6.48. The lowest BCUT2D eigenvalue weighted by Gasteiger charge is -2.18. The van der Waals surface area contributed by atoms with Crippen LogP contribution < -0.4 is 4.72 Å². The van der Waals surface area contributed by atoms with E-state index in [-0.39, 0.29) is 16.9 Å². The van der Waals surface area contributed by atoms with Crippen molar-refractivity contribution in [1.29, 1.82) is 0 Å². The SMILES string of the molecule is COC(=O)c1ccccc1S(=O)(=O)N[C@@H](Cc1ccccc1)C(=O)OC. The van der Waals surface area contributed by atoms with Gasteiger partial charge in [-0.3, -0.25) is 4.79 Å². The largest absolute Gasteiger partial charge is 0.468 e. The van der Waals surface area contributed by atoms with Crippen LogP contribution in [0.15, 0.2) is 59.5 Å². The first-order valence-electron chi connectivity index (χ1n) is 7.70. The van der Waals surface area contributed by atoms with Crippen LogP contribution >= 0.6 is 0 Å². The Labute approximate surface area is 152 Å². The Bertz CT molecular complexity index is 880. The van der Waals surface area contributed by atoms with E-state index < -0.39 is 28.0 Å². The maximum absolute atomic E-state index is 12.8.